The molecule has 0 heteroatoms. The minimum absolute atomic E-state index is 0.475. The first kappa shape index (κ1) is 6.45. The largest absolute Gasteiger partial charge is 0.0990 e. The van der Waals surface area contributed by atoms with Crippen LogP contribution in [0.2, 0.25) is 0 Å². The summed E-state index contributed by atoms with van der Waals surface area (Å²) >= 11 is 0. The molecule has 0 saturated heterocycles. The second-order valence-corrected chi connectivity index (χ2v) is 4.45. The highest BCUT2D eigenvalue weighted by atomic mass is 14.5. The molecule has 2 atom stereocenters. The second kappa shape index (κ2) is 1.66. The number of allylic oxidation sites excluding steroid dienone is 1. The Labute approximate surface area is 63.3 Å². The Morgan fingerprint density at radius 1 is 1.40 bits per heavy atom. The molecule has 0 radical (unpaired) electrons. The summed E-state index contributed by atoms with van der Waals surface area (Å²) < 4.78 is 0. The van der Waals surface area contributed by atoms with Gasteiger partial charge < -0.3 is 0 Å². The van der Waals surface area contributed by atoms with E-state index in [1.165, 1.54) is 24.8 Å². The van der Waals surface area contributed by atoms with E-state index in [2.05, 4.69) is 20.4 Å². The molecule has 0 N–H and O–H groups in total. The molecule has 0 aromatic rings. The smallest absolute Gasteiger partial charge is 0.0116 e. The lowest BCUT2D eigenvalue weighted by Gasteiger charge is -2.31. The van der Waals surface area contributed by atoms with Crippen molar-refractivity contribution < 1.29 is 0 Å². The molecule has 0 unspecified atom stereocenters. The van der Waals surface area contributed by atoms with E-state index < -0.39 is 0 Å². The molecule has 2 aliphatic carbocycles. The quantitative estimate of drug-likeness (QED) is 0.449. The van der Waals surface area contributed by atoms with E-state index in [1.807, 2.05) is 0 Å². The fourth-order valence-corrected chi connectivity index (χ4v) is 2.74. The van der Waals surface area contributed by atoms with Crippen molar-refractivity contribution in [3.8, 4) is 0 Å². The summed E-state index contributed by atoms with van der Waals surface area (Å²) in [4.78, 5) is 0. The maximum absolute atomic E-state index is 4.19. The molecule has 2 fully saturated rings. The van der Waals surface area contributed by atoms with Crippen molar-refractivity contribution in [1.29, 1.82) is 0 Å². The molecule has 0 aromatic carbocycles. The monoisotopic (exact) mass is 136 g/mol. The molecule has 2 saturated carbocycles. The number of rotatable bonds is 0. The van der Waals surface area contributed by atoms with Gasteiger partial charge in [0.2, 0.25) is 0 Å². The van der Waals surface area contributed by atoms with Crippen LogP contribution in [-0.2, 0) is 0 Å². The van der Waals surface area contributed by atoms with Gasteiger partial charge >= 0.3 is 0 Å². The van der Waals surface area contributed by atoms with Crippen LogP contribution < -0.4 is 0 Å². The van der Waals surface area contributed by atoms with E-state index in [0.717, 1.165) is 11.8 Å². The zero-order valence-electron chi connectivity index (χ0n) is 6.98. The highest BCUT2D eigenvalue weighted by Gasteiger charge is 2.47. The summed E-state index contributed by atoms with van der Waals surface area (Å²) in [5.74, 6) is 1.85. The Kier molecular flexibility index (Phi) is 1.07. The van der Waals surface area contributed by atoms with Crippen molar-refractivity contribution in [2.45, 2.75) is 33.1 Å². The molecule has 2 rings (SSSR count). The van der Waals surface area contributed by atoms with Crippen molar-refractivity contribution >= 4 is 0 Å². The minimum atomic E-state index is 0.475. The van der Waals surface area contributed by atoms with E-state index in [1.54, 1.807) is 0 Å². The Morgan fingerprint density at radius 2 is 2.10 bits per heavy atom. The topological polar surface area (TPSA) is 0 Å². The summed E-state index contributed by atoms with van der Waals surface area (Å²) in [6.07, 6.45) is 4.31. The minimum Gasteiger partial charge on any atom is -0.0990 e. The molecule has 2 aliphatic rings. The van der Waals surface area contributed by atoms with E-state index in [0.29, 0.717) is 5.41 Å². The molecular formula is C10H16. The Morgan fingerprint density at radius 3 is 2.40 bits per heavy atom. The lowest BCUT2D eigenvalue weighted by Crippen LogP contribution is -2.21. The third-order valence-corrected chi connectivity index (χ3v) is 3.77. The standard InChI is InChI=1S/C10H16/c1-7-8-4-5-9(6-8)10(7,2)3/h8-9H,1,4-6H2,2-3H3/t8-,9+/m0/s1. The summed E-state index contributed by atoms with van der Waals surface area (Å²) in [5.41, 5.74) is 2.01. The Bertz CT molecular complexity index is 176. The maximum atomic E-state index is 4.19. The average molecular weight is 136 g/mol. The van der Waals surface area contributed by atoms with Gasteiger partial charge in [0.25, 0.3) is 0 Å². The number of hydrogen-bond donors (Lipinski definition) is 0. The normalized spacial score (nSPS) is 42.8. The average Bonchev–Trinajstić information content (AvgIpc) is 2.37. The van der Waals surface area contributed by atoms with Crippen molar-refractivity contribution in [3.05, 3.63) is 12.2 Å². The van der Waals surface area contributed by atoms with Gasteiger partial charge in [0, 0.05) is 0 Å². The van der Waals surface area contributed by atoms with Crippen LogP contribution in [0, 0.1) is 17.3 Å². The van der Waals surface area contributed by atoms with E-state index in [4.69, 9.17) is 0 Å². The SMILES string of the molecule is C=C1[C@H]2CC[C@H](C2)C1(C)C. The highest BCUT2D eigenvalue weighted by Crippen LogP contribution is 2.58. The van der Waals surface area contributed by atoms with E-state index in [-0.39, 0.29) is 0 Å². The van der Waals surface area contributed by atoms with Crippen molar-refractivity contribution in [3.63, 3.8) is 0 Å². The van der Waals surface area contributed by atoms with Gasteiger partial charge in [0.1, 0.15) is 0 Å². The zero-order valence-corrected chi connectivity index (χ0v) is 6.98. The molecule has 0 amide bonds. The van der Waals surface area contributed by atoms with Crippen molar-refractivity contribution in [2.24, 2.45) is 17.3 Å². The van der Waals surface area contributed by atoms with Crippen LogP contribution in [0.4, 0.5) is 0 Å². The van der Waals surface area contributed by atoms with Crippen LogP contribution >= 0.6 is 0 Å². The van der Waals surface area contributed by atoms with Crippen LogP contribution in [-0.4, -0.2) is 0 Å². The predicted molar refractivity (Wildman–Crippen MR) is 43.8 cm³/mol. The molecule has 0 heterocycles. The van der Waals surface area contributed by atoms with E-state index >= 15 is 0 Å². The van der Waals surface area contributed by atoms with Crippen LogP contribution in [0.3, 0.4) is 0 Å². The number of hydrogen-bond acceptors (Lipinski definition) is 0. The third kappa shape index (κ3) is 0.574. The molecule has 0 aromatic heterocycles. The third-order valence-electron chi connectivity index (χ3n) is 3.77. The lowest BCUT2D eigenvalue weighted by molar-refractivity contribution is 0.289. The molecule has 0 nitrogen and oxygen atoms in total. The summed E-state index contributed by atoms with van der Waals surface area (Å²) in [5, 5.41) is 0. The van der Waals surface area contributed by atoms with Gasteiger partial charge in [-0.3, -0.25) is 0 Å². The molecule has 56 valence electrons. The molecular weight excluding hydrogens is 120 g/mol. The van der Waals surface area contributed by atoms with Gasteiger partial charge in [0.15, 0.2) is 0 Å². The highest BCUT2D eigenvalue weighted by molar-refractivity contribution is 5.22. The molecule has 10 heavy (non-hydrogen) atoms. The lowest BCUT2D eigenvalue weighted by atomic mass is 9.73. The molecule has 0 spiro atoms. The summed E-state index contributed by atoms with van der Waals surface area (Å²) in [6.45, 7) is 8.91. The zero-order chi connectivity index (χ0) is 7.35. The number of fused-ring (bicyclic) bond motifs is 2. The first-order valence-corrected chi connectivity index (χ1v) is 4.31. The van der Waals surface area contributed by atoms with Gasteiger partial charge in [0.05, 0.1) is 0 Å². The van der Waals surface area contributed by atoms with Gasteiger partial charge in [-0.25, -0.2) is 0 Å². The Hall–Kier alpha value is -0.260. The van der Waals surface area contributed by atoms with Gasteiger partial charge in [-0.2, -0.15) is 0 Å². The van der Waals surface area contributed by atoms with Crippen LogP contribution in [0.15, 0.2) is 12.2 Å². The van der Waals surface area contributed by atoms with Crippen LogP contribution in [0.5, 0.6) is 0 Å². The van der Waals surface area contributed by atoms with Crippen molar-refractivity contribution in [2.75, 3.05) is 0 Å². The first-order valence-electron chi connectivity index (χ1n) is 4.31. The second-order valence-electron chi connectivity index (χ2n) is 4.45. The van der Waals surface area contributed by atoms with Crippen LogP contribution in [0.25, 0.3) is 0 Å². The first-order chi connectivity index (χ1) is 4.62. The van der Waals surface area contributed by atoms with Crippen molar-refractivity contribution in [1.82, 2.24) is 0 Å². The predicted octanol–water partition coefficient (Wildman–Crippen LogP) is 3.00. The summed E-state index contributed by atoms with van der Waals surface area (Å²) in [6, 6.07) is 0. The maximum Gasteiger partial charge on any atom is -0.0116 e. The van der Waals surface area contributed by atoms with Gasteiger partial charge in [-0.1, -0.05) is 26.0 Å². The van der Waals surface area contributed by atoms with E-state index in [9.17, 15) is 0 Å². The van der Waals surface area contributed by atoms with Crippen LogP contribution in [0.1, 0.15) is 33.1 Å². The Balaban J connectivity index is 2.34. The van der Waals surface area contributed by atoms with Gasteiger partial charge in [-0.05, 0) is 36.5 Å². The fraction of sp³-hybridized carbons (Fsp3) is 0.800. The van der Waals surface area contributed by atoms with Gasteiger partial charge in [-0.15, -0.1) is 0 Å². The molecule has 2 bridgehead atoms. The molecule has 0 aliphatic heterocycles. The fourth-order valence-electron chi connectivity index (χ4n) is 2.74. The summed E-state index contributed by atoms with van der Waals surface area (Å²) in [7, 11) is 0.